The number of hydrogen-bond acceptors (Lipinski definition) is 5. The summed E-state index contributed by atoms with van der Waals surface area (Å²) in [7, 11) is 1.67. The van der Waals surface area contributed by atoms with Crippen LogP contribution in [0.1, 0.15) is 32.8 Å². The molecule has 1 aromatic carbocycles. The monoisotopic (exact) mass is 317 g/mol. The maximum atomic E-state index is 11.9. The van der Waals surface area contributed by atoms with Crippen LogP contribution in [0.5, 0.6) is 0 Å². The highest BCUT2D eigenvalue weighted by Crippen LogP contribution is 2.23. The molecule has 124 valence electrons. The Morgan fingerprint density at radius 3 is 2.87 bits per heavy atom. The molecule has 1 fully saturated rings. The first-order chi connectivity index (χ1) is 10.8. The maximum Gasteiger partial charge on any atom is 0.233 e. The summed E-state index contributed by atoms with van der Waals surface area (Å²) in [4.78, 5) is 7.99. The van der Waals surface area contributed by atoms with Gasteiger partial charge in [0.15, 0.2) is 6.10 Å². The zero-order valence-electron chi connectivity index (χ0n) is 14.1. The van der Waals surface area contributed by atoms with Gasteiger partial charge in [-0.1, -0.05) is 6.07 Å². The predicted molar refractivity (Wildman–Crippen MR) is 86.4 cm³/mol. The third-order valence-electron chi connectivity index (χ3n) is 3.98. The molecular formula is C16H23N5O2. The van der Waals surface area contributed by atoms with Crippen molar-refractivity contribution in [1.29, 1.82) is 5.26 Å². The van der Waals surface area contributed by atoms with Gasteiger partial charge in [0.25, 0.3) is 0 Å². The average molecular weight is 317 g/mol. The summed E-state index contributed by atoms with van der Waals surface area (Å²) in [5, 5.41) is 26.0. The van der Waals surface area contributed by atoms with E-state index in [1.807, 2.05) is 39.0 Å². The highest BCUT2D eigenvalue weighted by atomic mass is 16.7. The number of hydrogen-bond donors (Lipinski definition) is 0. The van der Waals surface area contributed by atoms with E-state index in [1.54, 1.807) is 13.1 Å². The van der Waals surface area contributed by atoms with E-state index in [2.05, 4.69) is 16.2 Å². The van der Waals surface area contributed by atoms with E-state index in [0.29, 0.717) is 17.1 Å². The predicted octanol–water partition coefficient (Wildman–Crippen LogP) is 2.68. The maximum absolute atomic E-state index is 11.9. The molecule has 2 rings (SSSR count). The number of benzene rings is 1. The van der Waals surface area contributed by atoms with Gasteiger partial charge in [-0.05, 0) is 39.0 Å². The molecule has 0 unspecified atom stereocenters. The van der Waals surface area contributed by atoms with E-state index in [9.17, 15) is 5.21 Å². The summed E-state index contributed by atoms with van der Waals surface area (Å²) in [5.74, 6) is 0. The van der Waals surface area contributed by atoms with Gasteiger partial charge in [-0.2, -0.15) is 5.26 Å². The third kappa shape index (κ3) is 4.25. The molecule has 1 atom stereocenters. The van der Waals surface area contributed by atoms with E-state index in [-0.39, 0.29) is 11.6 Å². The first kappa shape index (κ1) is 16.9. The van der Waals surface area contributed by atoms with Gasteiger partial charge in [0.1, 0.15) is 0 Å². The van der Waals surface area contributed by atoms with Gasteiger partial charge in [-0.3, -0.25) is 0 Å². The van der Waals surface area contributed by atoms with E-state index in [1.165, 1.54) is 5.01 Å². The third-order valence-corrected chi connectivity index (χ3v) is 3.98. The van der Waals surface area contributed by atoms with Crippen LogP contribution >= 0.6 is 0 Å². The molecule has 0 amide bonds. The number of hydrazine groups is 1. The van der Waals surface area contributed by atoms with E-state index < -0.39 is 0 Å². The molecule has 0 saturated carbocycles. The zero-order chi connectivity index (χ0) is 17.0. The van der Waals surface area contributed by atoms with Crippen molar-refractivity contribution in [2.75, 3.05) is 25.0 Å². The molecule has 1 aromatic rings. The van der Waals surface area contributed by atoms with Gasteiger partial charge in [-0.25, -0.2) is 0 Å². The molecule has 0 N–H and O–H groups in total. The van der Waals surface area contributed by atoms with Crippen molar-refractivity contribution in [2.24, 2.45) is 5.28 Å². The standard InChI is InChI=1S/C16H23N5O2/c1-16(2,3)19(4)21(22)18-23-15-8-9-20(12-15)14-7-5-6-13(10-14)11-17/h5-7,10,15H,8-9,12H2,1-4H3/b21-18+/t15-/m1/s1. The van der Waals surface area contributed by atoms with Crippen LogP contribution in [0.3, 0.4) is 0 Å². The molecule has 1 aliphatic heterocycles. The largest absolute Gasteiger partial charge is 0.569 e. The second-order valence-corrected chi connectivity index (χ2v) is 6.65. The van der Waals surface area contributed by atoms with Gasteiger partial charge < -0.3 is 14.9 Å². The number of nitrogens with zero attached hydrogens (tertiary/aromatic N) is 5. The second kappa shape index (κ2) is 6.73. The minimum Gasteiger partial charge on any atom is -0.569 e. The molecule has 0 bridgehead atoms. The Hall–Kier alpha value is -2.49. The van der Waals surface area contributed by atoms with Crippen LogP contribution in [0.15, 0.2) is 29.5 Å². The molecule has 7 nitrogen and oxygen atoms in total. The van der Waals surface area contributed by atoms with Gasteiger partial charge in [0, 0.05) is 18.7 Å². The molecule has 1 heterocycles. The molecule has 0 aliphatic carbocycles. The zero-order valence-corrected chi connectivity index (χ0v) is 14.1. The van der Waals surface area contributed by atoms with Crippen molar-refractivity contribution in [1.82, 2.24) is 5.01 Å². The van der Waals surface area contributed by atoms with Crippen LogP contribution in [0, 0.1) is 16.5 Å². The number of anilines is 1. The minimum absolute atomic E-state index is 0.134. The van der Waals surface area contributed by atoms with Crippen molar-refractivity contribution in [3.8, 4) is 6.07 Å². The molecule has 0 aromatic heterocycles. The van der Waals surface area contributed by atoms with Crippen LogP contribution in [0.4, 0.5) is 5.69 Å². The van der Waals surface area contributed by atoms with Crippen LogP contribution in [0.2, 0.25) is 0 Å². The lowest BCUT2D eigenvalue weighted by atomic mass is 10.1. The topological polar surface area (TPSA) is 77.9 Å². The van der Waals surface area contributed by atoms with Gasteiger partial charge in [-0.15, -0.1) is 5.01 Å². The summed E-state index contributed by atoms with van der Waals surface area (Å²) < 4.78 is 0. The summed E-state index contributed by atoms with van der Waals surface area (Å²) in [6, 6.07) is 9.60. The molecule has 23 heavy (non-hydrogen) atoms. The Bertz CT molecular complexity index is 618. The number of rotatable bonds is 4. The highest BCUT2D eigenvalue weighted by Gasteiger charge is 2.27. The lowest BCUT2D eigenvalue weighted by molar-refractivity contribution is -0.720. The van der Waals surface area contributed by atoms with Crippen molar-refractivity contribution in [3.05, 3.63) is 35.0 Å². The van der Waals surface area contributed by atoms with E-state index in [4.69, 9.17) is 10.1 Å². The van der Waals surface area contributed by atoms with Crippen LogP contribution in [0.25, 0.3) is 0 Å². The normalized spacial score (nSPS) is 18.7. The van der Waals surface area contributed by atoms with Crippen LogP contribution < -0.4 is 4.90 Å². The van der Waals surface area contributed by atoms with Crippen molar-refractivity contribution < 1.29 is 9.81 Å². The van der Waals surface area contributed by atoms with Crippen LogP contribution in [-0.4, -0.2) is 41.8 Å². The molecular weight excluding hydrogens is 294 g/mol. The lowest BCUT2D eigenvalue weighted by Gasteiger charge is -2.26. The number of nitriles is 1. The minimum atomic E-state index is -0.325. The first-order valence-corrected chi connectivity index (χ1v) is 7.64. The molecule has 1 aliphatic rings. The van der Waals surface area contributed by atoms with Gasteiger partial charge in [0.2, 0.25) is 5.28 Å². The Morgan fingerprint density at radius 1 is 1.48 bits per heavy atom. The van der Waals surface area contributed by atoms with Crippen molar-refractivity contribution in [2.45, 2.75) is 38.8 Å². The fraction of sp³-hybridized carbons (Fsp3) is 0.562. The smallest absolute Gasteiger partial charge is 0.233 e. The molecule has 7 heteroatoms. The quantitative estimate of drug-likeness (QED) is 0.485. The van der Waals surface area contributed by atoms with Crippen molar-refractivity contribution in [3.63, 3.8) is 0 Å². The summed E-state index contributed by atoms with van der Waals surface area (Å²) in [6.45, 7) is 7.22. The highest BCUT2D eigenvalue weighted by molar-refractivity contribution is 5.52. The summed E-state index contributed by atoms with van der Waals surface area (Å²) in [6.07, 6.45) is 0.651. The van der Waals surface area contributed by atoms with Gasteiger partial charge >= 0.3 is 0 Å². The second-order valence-electron chi connectivity index (χ2n) is 6.65. The van der Waals surface area contributed by atoms with Crippen LogP contribution in [-0.2, 0) is 4.84 Å². The van der Waals surface area contributed by atoms with E-state index in [0.717, 1.165) is 18.7 Å². The Morgan fingerprint density at radius 2 is 2.22 bits per heavy atom. The summed E-state index contributed by atoms with van der Waals surface area (Å²) >= 11 is 0. The summed E-state index contributed by atoms with van der Waals surface area (Å²) in [5.41, 5.74) is 1.30. The Kier molecular flexibility index (Phi) is 4.94. The Balaban J connectivity index is 1.94. The van der Waals surface area contributed by atoms with Crippen molar-refractivity contribution >= 4 is 5.69 Å². The molecule has 0 radical (unpaired) electrons. The first-order valence-electron chi connectivity index (χ1n) is 7.64. The Labute approximate surface area is 136 Å². The lowest BCUT2D eigenvalue weighted by Crippen LogP contribution is -2.42. The fourth-order valence-corrected chi connectivity index (χ4v) is 2.24. The molecule has 1 saturated heterocycles. The van der Waals surface area contributed by atoms with Gasteiger partial charge in [0.05, 0.1) is 35.7 Å². The fourth-order valence-electron chi connectivity index (χ4n) is 2.24. The average Bonchev–Trinajstić information content (AvgIpc) is 3.00. The SMILES string of the molecule is CN(/[N+]([O-])=N\O[C@@H]1CCN(c2cccc(C#N)c2)C1)C(C)(C)C. The van der Waals surface area contributed by atoms with E-state index >= 15 is 0 Å². The molecule has 0 spiro atoms.